The van der Waals surface area contributed by atoms with Crippen LogP contribution in [0.15, 0.2) is 24.3 Å². The molecule has 1 aromatic carbocycles. The van der Waals surface area contributed by atoms with E-state index in [0.717, 1.165) is 0 Å². The Labute approximate surface area is 104 Å². The molecule has 0 saturated carbocycles. The van der Waals surface area contributed by atoms with E-state index in [1.807, 2.05) is 0 Å². The summed E-state index contributed by atoms with van der Waals surface area (Å²) in [6.07, 6.45) is 0. The molecule has 0 unspecified atom stereocenters. The van der Waals surface area contributed by atoms with Gasteiger partial charge in [-0.05, 0) is 13.1 Å². The van der Waals surface area contributed by atoms with Crippen molar-refractivity contribution < 1.29 is 24.0 Å². The molecule has 0 atom stereocenters. The first kappa shape index (κ1) is 12.4. The number of phenols is 1. The van der Waals surface area contributed by atoms with Crippen LogP contribution < -0.4 is 5.46 Å². The lowest BCUT2D eigenvalue weighted by atomic mass is 9.78. The number of phenolic OH excluding ortho intramolecular Hbond substituents is 1. The summed E-state index contributed by atoms with van der Waals surface area (Å²) in [7, 11) is 0.419. The summed E-state index contributed by atoms with van der Waals surface area (Å²) in [6, 6.07) is 6.24. The lowest BCUT2D eigenvalue weighted by Crippen LogP contribution is -2.47. The Bertz CT molecular complexity index is 458. The Balaban J connectivity index is 2.24. The summed E-state index contributed by atoms with van der Waals surface area (Å²) >= 11 is 0. The maximum atomic E-state index is 11.5. The van der Waals surface area contributed by atoms with Gasteiger partial charge in [-0.25, -0.2) is 0 Å². The molecule has 7 heteroatoms. The van der Waals surface area contributed by atoms with Gasteiger partial charge in [0.1, 0.15) is 5.75 Å². The average Bonchev–Trinajstić information content (AvgIpc) is 2.26. The molecule has 0 aliphatic carbocycles. The van der Waals surface area contributed by atoms with E-state index in [-0.39, 0.29) is 24.3 Å². The number of carbonyl (C=O) groups is 2. The minimum Gasteiger partial charge on any atom is -0.508 e. The number of benzene rings is 1. The third-order valence-electron chi connectivity index (χ3n) is 2.47. The normalized spacial score (nSPS) is 17.7. The van der Waals surface area contributed by atoms with Crippen molar-refractivity contribution in [3.8, 4) is 5.75 Å². The molecule has 0 aromatic heterocycles. The standard InChI is InChI=1S/C11H12BNO5/c1-13-6-10(15)17-12(18-11(16)7-13)8-4-2-3-5-9(8)14/h2-5,14H,6-7H2,1H3. The van der Waals surface area contributed by atoms with Gasteiger partial charge in [-0.3, -0.25) is 14.5 Å². The molecule has 94 valence electrons. The van der Waals surface area contributed by atoms with E-state index in [0.29, 0.717) is 0 Å². The summed E-state index contributed by atoms with van der Waals surface area (Å²) < 4.78 is 10.0. The van der Waals surface area contributed by atoms with Crippen molar-refractivity contribution in [3.63, 3.8) is 0 Å². The molecule has 0 bridgehead atoms. The molecule has 0 radical (unpaired) electrons. The molecule has 1 fully saturated rings. The lowest BCUT2D eigenvalue weighted by molar-refractivity contribution is -0.145. The van der Waals surface area contributed by atoms with Crippen molar-refractivity contribution in [1.29, 1.82) is 0 Å². The lowest BCUT2D eigenvalue weighted by Gasteiger charge is -2.22. The van der Waals surface area contributed by atoms with Gasteiger partial charge in [-0.1, -0.05) is 18.2 Å². The number of aromatic hydroxyl groups is 1. The van der Waals surface area contributed by atoms with E-state index < -0.39 is 19.1 Å². The van der Waals surface area contributed by atoms with Crippen LogP contribution in [0, 0.1) is 0 Å². The van der Waals surface area contributed by atoms with Crippen LogP contribution in [0.3, 0.4) is 0 Å². The first-order chi connectivity index (χ1) is 8.56. The van der Waals surface area contributed by atoms with Gasteiger partial charge in [0.05, 0.1) is 18.6 Å². The van der Waals surface area contributed by atoms with Gasteiger partial charge in [0.15, 0.2) is 0 Å². The summed E-state index contributed by atoms with van der Waals surface area (Å²) in [5.74, 6) is -1.12. The Morgan fingerprint density at radius 3 is 2.28 bits per heavy atom. The molecule has 6 nitrogen and oxygen atoms in total. The van der Waals surface area contributed by atoms with Gasteiger partial charge in [0.25, 0.3) is 0 Å². The molecule has 2 rings (SSSR count). The fourth-order valence-electron chi connectivity index (χ4n) is 1.65. The van der Waals surface area contributed by atoms with Crippen molar-refractivity contribution in [3.05, 3.63) is 24.3 Å². The van der Waals surface area contributed by atoms with Crippen LogP contribution in [0.25, 0.3) is 0 Å². The van der Waals surface area contributed by atoms with Crippen molar-refractivity contribution in [2.45, 2.75) is 0 Å². The number of likely N-dealkylation sites (N-methyl/N-ethyl adjacent to an activating group) is 1. The molecule has 0 amide bonds. The van der Waals surface area contributed by atoms with E-state index >= 15 is 0 Å². The predicted molar refractivity (Wildman–Crippen MR) is 63.2 cm³/mol. The van der Waals surface area contributed by atoms with Crippen molar-refractivity contribution in [1.82, 2.24) is 4.90 Å². The van der Waals surface area contributed by atoms with Crippen LogP contribution in [0.1, 0.15) is 0 Å². The van der Waals surface area contributed by atoms with Crippen molar-refractivity contribution in [2.75, 3.05) is 20.1 Å². The number of para-hydroxylation sites is 1. The zero-order chi connectivity index (χ0) is 13.1. The zero-order valence-electron chi connectivity index (χ0n) is 9.83. The second kappa shape index (κ2) is 5.09. The molecular weight excluding hydrogens is 237 g/mol. The highest BCUT2D eigenvalue weighted by Crippen LogP contribution is 2.08. The second-order valence-electron chi connectivity index (χ2n) is 4.04. The highest BCUT2D eigenvalue weighted by atomic mass is 16.6. The third kappa shape index (κ3) is 2.81. The summed E-state index contributed by atoms with van der Waals surface area (Å²) in [5, 5.41) is 9.66. The Kier molecular flexibility index (Phi) is 3.52. The molecule has 1 heterocycles. The molecule has 0 spiro atoms. The van der Waals surface area contributed by atoms with Crippen LogP contribution in [-0.2, 0) is 18.9 Å². The number of hydrogen-bond acceptors (Lipinski definition) is 6. The molecule has 1 aromatic rings. The first-order valence-corrected chi connectivity index (χ1v) is 5.41. The quantitative estimate of drug-likeness (QED) is 0.651. The largest absolute Gasteiger partial charge is 0.640 e. The molecular formula is C11H12BNO5. The Morgan fingerprint density at radius 2 is 1.72 bits per heavy atom. The van der Waals surface area contributed by atoms with Crippen LogP contribution in [0.2, 0.25) is 0 Å². The Hall–Kier alpha value is -2.02. The van der Waals surface area contributed by atoms with Gasteiger partial charge in [0, 0.05) is 0 Å². The van der Waals surface area contributed by atoms with Crippen LogP contribution in [0.4, 0.5) is 0 Å². The second-order valence-corrected chi connectivity index (χ2v) is 4.04. The Morgan fingerprint density at radius 1 is 1.17 bits per heavy atom. The fourth-order valence-corrected chi connectivity index (χ4v) is 1.65. The molecule has 1 aliphatic heterocycles. The van der Waals surface area contributed by atoms with Gasteiger partial charge in [-0.2, -0.15) is 0 Å². The molecule has 1 aliphatic rings. The van der Waals surface area contributed by atoms with Crippen molar-refractivity contribution in [2.24, 2.45) is 0 Å². The third-order valence-corrected chi connectivity index (χ3v) is 2.47. The monoisotopic (exact) mass is 249 g/mol. The molecule has 18 heavy (non-hydrogen) atoms. The molecule has 1 N–H and O–H groups in total. The number of nitrogens with zero attached hydrogens (tertiary/aromatic N) is 1. The number of hydrogen-bond donors (Lipinski definition) is 1. The summed E-state index contributed by atoms with van der Waals surface area (Å²) in [4.78, 5) is 24.5. The highest BCUT2D eigenvalue weighted by molar-refractivity contribution is 6.65. The average molecular weight is 249 g/mol. The highest BCUT2D eigenvalue weighted by Gasteiger charge is 2.35. The van der Waals surface area contributed by atoms with E-state index in [1.54, 1.807) is 19.2 Å². The SMILES string of the molecule is CN1CC(=O)OB(c2ccccc2O)OC(=O)C1. The van der Waals surface area contributed by atoms with Crippen molar-refractivity contribution >= 4 is 24.5 Å². The van der Waals surface area contributed by atoms with Crippen LogP contribution >= 0.6 is 0 Å². The molecule has 1 saturated heterocycles. The summed E-state index contributed by atoms with van der Waals surface area (Å²) in [6.45, 7) is -0.00160. The topological polar surface area (TPSA) is 76.1 Å². The van der Waals surface area contributed by atoms with E-state index in [1.165, 1.54) is 17.0 Å². The number of carbonyl (C=O) groups excluding carboxylic acids is 2. The van der Waals surface area contributed by atoms with E-state index in [9.17, 15) is 14.7 Å². The number of rotatable bonds is 1. The van der Waals surface area contributed by atoms with Gasteiger partial charge in [-0.15, -0.1) is 0 Å². The summed E-state index contributed by atoms with van der Waals surface area (Å²) in [5.41, 5.74) is 0.253. The smallest absolute Gasteiger partial charge is 0.508 e. The maximum absolute atomic E-state index is 11.5. The minimum atomic E-state index is -1.19. The van der Waals surface area contributed by atoms with Gasteiger partial charge in [0.2, 0.25) is 0 Å². The van der Waals surface area contributed by atoms with Crippen LogP contribution in [0.5, 0.6) is 5.75 Å². The van der Waals surface area contributed by atoms with Gasteiger partial charge >= 0.3 is 19.1 Å². The zero-order valence-corrected chi connectivity index (χ0v) is 9.83. The fraction of sp³-hybridized carbons (Fsp3) is 0.273. The van der Waals surface area contributed by atoms with Gasteiger partial charge < -0.3 is 14.4 Å². The first-order valence-electron chi connectivity index (χ1n) is 5.41. The minimum absolute atomic E-state index is 0.000798. The van der Waals surface area contributed by atoms with Crippen LogP contribution in [-0.4, -0.2) is 49.2 Å². The predicted octanol–water partition coefficient (Wildman–Crippen LogP) is -0.881. The maximum Gasteiger partial charge on any atom is 0.640 e. The van der Waals surface area contributed by atoms with E-state index in [2.05, 4.69) is 0 Å². The van der Waals surface area contributed by atoms with E-state index in [4.69, 9.17) is 9.31 Å².